The molecule has 0 aliphatic heterocycles. The largest absolute Gasteiger partial charge is 0.507 e. The maximum Gasteiger partial charge on any atom is 0.337 e. The van der Waals surface area contributed by atoms with Crippen molar-refractivity contribution in [3.05, 3.63) is 23.8 Å². The van der Waals surface area contributed by atoms with E-state index in [1.165, 1.54) is 36.8 Å². The van der Waals surface area contributed by atoms with Gasteiger partial charge in [-0.15, -0.1) is 0 Å². The molecule has 1 aromatic heterocycles. The van der Waals surface area contributed by atoms with Crippen molar-refractivity contribution < 1.29 is 14.6 Å². The minimum absolute atomic E-state index is 0.0168. The molecule has 0 unspecified atom stereocenters. The Morgan fingerprint density at radius 2 is 2.28 bits per heavy atom. The number of carbonyl (C=O) groups excluding carboxylic acids is 1. The third kappa shape index (κ3) is 2.25. The van der Waals surface area contributed by atoms with Gasteiger partial charge < -0.3 is 15.2 Å². The maximum absolute atomic E-state index is 11.4. The number of aromatic hydroxyl groups is 1. The van der Waals surface area contributed by atoms with Gasteiger partial charge in [0.2, 0.25) is 5.13 Å². The summed E-state index contributed by atoms with van der Waals surface area (Å²) in [6.45, 7) is 0. The van der Waals surface area contributed by atoms with E-state index in [-0.39, 0.29) is 5.75 Å². The first-order valence-electron chi connectivity index (χ1n) is 5.09. The normalized spacial score (nSPS) is 10.1. The first-order valence-corrected chi connectivity index (χ1v) is 5.86. The number of benzene rings is 1. The lowest BCUT2D eigenvalue weighted by Crippen LogP contribution is -2.01. The molecule has 1 aromatic carbocycles. The molecular formula is C11H11N3O3S. The van der Waals surface area contributed by atoms with Gasteiger partial charge in [-0.2, -0.15) is 9.36 Å². The molecule has 2 N–H and O–H groups in total. The van der Waals surface area contributed by atoms with E-state index < -0.39 is 5.97 Å². The van der Waals surface area contributed by atoms with E-state index in [4.69, 9.17) is 0 Å². The average molecular weight is 265 g/mol. The fourth-order valence-corrected chi connectivity index (χ4v) is 1.93. The van der Waals surface area contributed by atoms with Crippen molar-refractivity contribution in [3.63, 3.8) is 0 Å². The molecule has 6 nitrogen and oxygen atoms in total. The van der Waals surface area contributed by atoms with Gasteiger partial charge in [0.25, 0.3) is 0 Å². The Morgan fingerprint density at radius 3 is 2.89 bits per heavy atom. The van der Waals surface area contributed by atoms with Gasteiger partial charge in [-0.25, -0.2) is 4.79 Å². The smallest absolute Gasteiger partial charge is 0.337 e. The highest BCUT2D eigenvalue weighted by Crippen LogP contribution is 2.30. The summed E-state index contributed by atoms with van der Waals surface area (Å²) in [7, 11) is 3.03. The summed E-state index contributed by atoms with van der Waals surface area (Å²) in [4.78, 5) is 15.6. The van der Waals surface area contributed by atoms with E-state index >= 15 is 0 Å². The summed E-state index contributed by atoms with van der Waals surface area (Å²) in [5, 5.41) is 13.3. The molecule has 0 saturated carbocycles. The monoisotopic (exact) mass is 265 g/mol. The quantitative estimate of drug-likeness (QED) is 0.822. The number of rotatable bonds is 3. The van der Waals surface area contributed by atoms with Crippen LogP contribution >= 0.6 is 11.5 Å². The van der Waals surface area contributed by atoms with E-state index in [2.05, 4.69) is 19.4 Å². The number of hydrogen-bond donors (Lipinski definition) is 2. The number of ether oxygens (including phenoxy) is 1. The van der Waals surface area contributed by atoms with Crippen LogP contribution in [0.2, 0.25) is 0 Å². The number of nitrogens with one attached hydrogen (secondary N) is 1. The summed E-state index contributed by atoms with van der Waals surface area (Å²) < 4.78 is 8.72. The van der Waals surface area contributed by atoms with E-state index in [0.29, 0.717) is 22.1 Å². The van der Waals surface area contributed by atoms with Crippen LogP contribution < -0.4 is 5.32 Å². The van der Waals surface area contributed by atoms with Crippen molar-refractivity contribution >= 4 is 22.6 Å². The van der Waals surface area contributed by atoms with Crippen LogP contribution in [0.1, 0.15) is 10.4 Å². The molecule has 0 fully saturated rings. The van der Waals surface area contributed by atoms with Gasteiger partial charge in [0.05, 0.1) is 18.2 Å². The first kappa shape index (κ1) is 12.3. The zero-order chi connectivity index (χ0) is 13.1. The molecule has 1 heterocycles. The molecule has 0 spiro atoms. The van der Waals surface area contributed by atoms with Crippen LogP contribution in [0.5, 0.6) is 5.75 Å². The van der Waals surface area contributed by atoms with Crippen molar-refractivity contribution in [1.29, 1.82) is 0 Å². The third-order valence-electron chi connectivity index (χ3n) is 2.30. The lowest BCUT2D eigenvalue weighted by Gasteiger charge is -2.03. The van der Waals surface area contributed by atoms with E-state index in [0.717, 1.165) is 0 Å². The minimum atomic E-state index is -0.472. The van der Waals surface area contributed by atoms with Gasteiger partial charge in [-0.1, -0.05) is 0 Å². The Labute approximate surface area is 107 Å². The van der Waals surface area contributed by atoms with E-state index in [1.807, 2.05) is 0 Å². The number of esters is 1. The SMILES string of the molecule is CNc1nc(-c2cc(C(=O)OC)ccc2O)ns1. The van der Waals surface area contributed by atoms with Gasteiger partial charge in [-0.05, 0) is 18.2 Å². The number of aromatic nitrogens is 2. The van der Waals surface area contributed by atoms with Crippen molar-refractivity contribution in [2.45, 2.75) is 0 Å². The van der Waals surface area contributed by atoms with Crippen molar-refractivity contribution in [2.24, 2.45) is 0 Å². The first-order chi connectivity index (χ1) is 8.65. The Hall–Kier alpha value is -2.15. The number of methoxy groups -OCH3 is 1. The molecule has 2 rings (SSSR count). The van der Waals surface area contributed by atoms with Gasteiger partial charge >= 0.3 is 5.97 Å². The Kier molecular flexibility index (Phi) is 3.42. The van der Waals surface area contributed by atoms with Crippen molar-refractivity contribution in [2.75, 3.05) is 19.5 Å². The molecule has 94 valence electrons. The van der Waals surface area contributed by atoms with Crippen LogP contribution in [0.15, 0.2) is 18.2 Å². The molecule has 0 aliphatic rings. The topological polar surface area (TPSA) is 84.3 Å². The second kappa shape index (κ2) is 5.01. The van der Waals surface area contributed by atoms with Gasteiger partial charge in [0, 0.05) is 18.6 Å². The molecule has 0 radical (unpaired) electrons. The standard InChI is InChI=1S/C11H11N3O3S/c1-12-11-13-9(14-18-11)7-5-6(10(16)17-2)3-4-8(7)15/h3-5,15H,1-2H3,(H,12,13,14). The predicted molar refractivity (Wildman–Crippen MR) is 67.9 cm³/mol. The van der Waals surface area contributed by atoms with Crippen LogP contribution in [0.3, 0.4) is 0 Å². The highest BCUT2D eigenvalue weighted by Gasteiger charge is 2.14. The fourth-order valence-electron chi connectivity index (χ4n) is 1.39. The predicted octanol–water partition coefficient (Wildman–Crippen LogP) is 1.74. The van der Waals surface area contributed by atoms with E-state index in [1.54, 1.807) is 7.05 Å². The molecule has 2 aromatic rings. The molecule has 0 saturated heterocycles. The number of anilines is 1. The number of phenols is 1. The molecule has 0 amide bonds. The summed E-state index contributed by atoms with van der Waals surface area (Å²) in [5.74, 6) is -0.0870. The lowest BCUT2D eigenvalue weighted by molar-refractivity contribution is 0.0601. The third-order valence-corrected chi connectivity index (χ3v) is 3.03. The van der Waals surface area contributed by atoms with Crippen molar-refractivity contribution in [3.8, 4) is 17.1 Å². The van der Waals surface area contributed by atoms with Crippen LogP contribution in [-0.2, 0) is 4.74 Å². The Balaban J connectivity index is 2.45. The fraction of sp³-hybridized carbons (Fsp3) is 0.182. The molecule has 18 heavy (non-hydrogen) atoms. The number of nitrogens with zero attached hydrogens (tertiary/aromatic N) is 2. The van der Waals surface area contributed by atoms with Gasteiger partial charge in [0.1, 0.15) is 5.75 Å². The van der Waals surface area contributed by atoms with Crippen LogP contribution in [-0.4, -0.2) is 34.6 Å². The van der Waals surface area contributed by atoms with Gasteiger partial charge in [-0.3, -0.25) is 0 Å². The molecular weight excluding hydrogens is 254 g/mol. The molecule has 0 bridgehead atoms. The zero-order valence-corrected chi connectivity index (χ0v) is 10.6. The van der Waals surface area contributed by atoms with Gasteiger partial charge in [0.15, 0.2) is 5.82 Å². The number of carbonyl (C=O) groups is 1. The molecule has 0 atom stereocenters. The molecule has 0 aliphatic carbocycles. The highest BCUT2D eigenvalue weighted by atomic mass is 32.1. The Bertz CT molecular complexity index is 583. The van der Waals surface area contributed by atoms with Crippen LogP contribution in [0.4, 0.5) is 5.13 Å². The summed E-state index contributed by atoms with van der Waals surface area (Å²) in [6, 6.07) is 4.40. The lowest BCUT2D eigenvalue weighted by atomic mass is 10.1. The van der Waals surface area contributed by atoms with Crippen LogP contribution in [0.25, 0.3) is 11.4 Å². The number of hydrogen-bond acceptors (Lipinski definition) is 7. The summed E-state index contributed by atoms with van der Waals surface area (Å²) in [5.41, 5.74) is 0.738. The second-order valence-electron chi connectivity index (χ2n) is 3.40. The number of phenolic OH excluding ortho intramolecular Hbond substituents is 1. The van der Waals surface area contributed by atoms with E-state index in [9.17, 15) is 9.90 Å². The molecule has 7 heteroatoms. The highest BCUT2D eigenvalue weighted by molar-refractivity contribution is 7.09. The van der Waals surface area contributed by atoms with Crippen molar-refractivity contribution in [1.82, 2.24) is 9.36 Å². The second-order valence-corrected chi connectivity index (χ2v) is 4.15. The minimum Gasteiger partial charge on any atom is -0.507 e. The Morgan fingerprint density at radius 1 is 1.50 bits per heavy atom. The maximum atomic E-state index is 11.4. The van der Waals surface area contributed by atoms with Crippen LogP contribution in [0, 0.1) is 0 Å². The summed E-state index contributed by atoms with van der Waals surface area (Å²) in [6.07, 6.45) is 0. The average Bonchev–Trinajstić information content (AvgIpc) is 2.87. The zero-order valence-electron chi connectivity index (χ0n) is 9.80. The summed E-state index contributed by atoms with van der Waals surface area (Å²) >= 11 is 1.17.